The van der Waals surface area contributed by atoms with Crippen molar-refractivity contribution in [3.8, 4) is 0 Å². The summed E-state index contributed by atoms with van der Waals surface area (Å²) in [6.45, 7) is 0.411. The highest BCUT2D eigenvalue weighted by Gasteiger charge is 2.34. The third-order valence-electron chi connectivity index (χ3n) is 6.63. The van der Waals surface area contributed by atoms with Crippen molar-refractivity contribution in [2.75, 3.05) is 18.4 Å². The Balaban J connectivity index is 1.35. The first kappa shape index (κ1) is 25.1. The van der Waals surface area contributed by atoms with Crippen LogP contribution in [0.15, 0.2) is 95.9 Å². The number of piperidine rings is 1. The fourth-order valence-corrected chi connectivity index (χ4v) is 6.38. The SMILES string of the molecule is O=C(c1ccccc1)c1cc(Cl)ccc1NC(=O)[C@H]1CCCN(S(=O)(=O)c2ccc3ccccc3c2)C1. The lowest BCUT2D eigenvalue weighted by Gasteiger charge is -2.31. The van der Waals surface area contributed by atoms with Crippen LogP contribution >= 0.6 is 11.6 Å². The molecule has 1 aliphatic heterocycles. The average molecular weight is 533 g/mol. The van der Waals surface area contributed by atoms with Crippen LogP contribution < -0.4 is 5.32 Å². The molecule has 0 spiro atoms. The van der Waals surface area contributed by atoms with Crippen LogP contribution in [-0.2, 0) is 14.8 Å². The van der Waals surface area contributed by atoms with Gasteiger partial charge in [0.1, 0.15) is 0 Å². The highest BCUT2D eigenvalue weighted by molar-refractivity contribution is 7.89. The standard InChI is InChI=1S/C29H25ClN2O4S/c30-24-13-15-27(26(18-24)28(33)21-8-2-1-3-9-21)31-29(34)23-11-6-16-32(19-23)37(35,36)25-14-12-20-7-4-5-10-22(20)17-25/h1-5,7-10,12-15,17-18,23H,6,11,16,19H2,(H,31,34)/t23-/m0/s1. The number of carbonyl (C=O) groups excluding carboxylic acids is 2. The van der Waals surface area contributed by atoms with Gasteiger partial charge in [-0.2, -0.15) is 4.31 Å². The highest BCUT2D eigenvalue weighted by Crippen LogP contribution is 2.29. The second-order valence-corrected chi connectivity index (χ2v) is 11.5. The third-order valence-corrected chi connectivity index (χ3v) is 8.73. The maximum absolute atomic E-state index is 13.4. The molecular formula is C29H25ClN2O4S. The summed E-state index contributed by atoms with van der Waals surface area (Å²) < 4.78 is 28.2. The van der Waals surface area contributed by atoms with Gasteiger partial charge in [-0.1, -0.05) is 72.3 Å². The predicted molar refractivity (Wildman–Crippen MR) is 145 cm³/mol. The first-order valence-electron chi connectivity index (χ1n) is 12.0. The Hall–Kier alpha value is -3.52. The molecule has 1 atom stereocenters. The van der Waals surface area contributed by atoms with Gasteiger partial charge < -0.3 is 5.32 Å². The number of carbonyl (C=O) groups is 2. The zero-order valence-electron chi connectivity index (χ0n) is 19.9. The van der Waals surface area contributed by atoms with E-state index < -0.39 is 15.9 Å². The molecule has 37 heavy (non-hydrogen) atoms. The van der Waals surface area contributed by atoms with E-state index in [4.69, 9.17) is 11.6 Å². The quantitative estimate of drug-likeness (QED) is 0.320. The molecule has 0 aliphatic carbocycles. The average Bonchev–Trinajstić information content (AvgIpc) is 2.93. The van der Waals surface area contributed by atoms with E-state index in [1.165, 1.54) is 10.4 Å². The zero-order chi connectivity index (χ0) is 26.0. The van der Waals surface area contributed by atoms with Crippen LogP contribution in [0.25, 0.3) is 10.8 Å². The molecule has 4 aromatic carbocycles. The monoisotopic (exact) mass is 532 g/mol. The second kappa shape index (κ2) is 10.5. The second-order valence-electron chi connectivity index (χ2n) is 9.09. The van der Waals surface area contributed by atoms with Gasteiger partial charge in [0.05, 0.1) is 16.5 Å². The first-order valence-corrected chi connectivity index (χ1v) is 13.8. The van der Waals surface area contributed by atoms with E-state index in [-0.39, 0.29) is 28.7 Å². The van der Waals surface area contributed by atoms with Crippen molar-refractivity contribution in [1.29, 1.82) is 0 Å². The van der Waals surface area contributed by atoms with E-state index in [0.29, 0.717) is 35.7 Å². The Kier molecular flexibility index (Phi) is 7.11. The number of nitrogens with one attached hydrogen (secondary N) is 1. The highest BCUT2D eigenvalue weighted by atomic mass is 35.5. The lowest BCUT2D eigenvalue weighted by atomic mass is 9.97. The van der Waals surface area contributed by atoms with E-state index in [0.717, 1.165) is 10.8 Å². The molecule has 1 amide bonds. The topological polar surface area (TPSA) is 83.6 Å². The van der Waals surface area contributed by atoms with Crippen LogP contribution in [0.4, 0.5) is 5.69 Å². The Labute approximate surface area is 220 Å². The number of ketones is 1. The summed E-state index contributed by atoms with van der Waals surface area (Å²) in [6.07, 6.45) is 1.10. The van der Waals surface area contributed by atoms with Gasteiger partial charge in [0.25, 0.3) is 0 Å². The van der Waals surface area contributed by atoms with E-state index in [1.54, 1.807) is 54.6 Å². The molecule has 8 heteroatoms. The van der Waals surface area contributed by atoms with Gasteiger partial charge in [-0.15, -0.1) is 0 Å². The number of sulfonamides is 1. The zero-order valence-corrected chi connectivity index (χ0v) is 21.5. The lowest BCUT2D eigenvalue weighted by molar-refractivity contribution is -0.120. The van der Waals surface area contributed by atoms with Gasteiger partial charge in [-0.05, 0) is 53.9 Å². The van der Waals surface area contributed by atoms with Gasteiger partial charge in [0.2, 0.25) is 15.9 Å². The number of benzene rings is 4. The Bertz CT molecular complexity index is 1590. The van der Waals surface area contributed by atoms with Crippen LogP contribution in [0.2, 0.25) is 5.02 Å². The minimum atomic E-state index is -3.77. The van der Waals surface area contributed by atoms with Crippen molar-refractivity contribution >= 4 is 49.8 Å². The van der Waals surface area contributed by atoms with E-state index in [9.17, 15) is 18.0 Å². The minimum Gasteiger partial charge on any atom is -0.325 e. The van der Waals surface area contributed by atoms with Gasteiger partial charge in [0, 0.05) is 29.2 Å². The predicted octanol–water partition coefficient (Wildman–Crippen LogP) is 5.76. The molecule has 0 bridgehead atoms. The molecule has 188 valence electrons. The number of halogens is 1. The van der Waals surface area contributed by atoms with Gasteiger partial charge in [-0.3, -0.25) is 9.59 Å². The summed E-state index contributed by atoms with van der Waals surface area (Å²) in [5.41, 5.74) is 1.10. The van der Waals surface area contributed by atoms with Gasteiger partial charge in [-0.25, -0.2) is 8.42 Å². The van der Waals surface area contributed by atoms with Crippen LogP contribution in [0.1, 0.15) is 28.8 Å². The van der Waals surface area contributed by atoms with Crippen molar-refractivity contribution in [3.63, 3.8) is 0 Å². The van der Waals surface area contributed by atoms with Crippen LogP contribution in [0.5, 0.6) is 0 Å². The molecule has 1 N–H and O–H groups in total. The van der Waals surface area contributed by atoms with Gasteiger partial charge in [0.15, 0.2) is 5.78 Å². The van der Waals surface area contributed by atoms with Crippen LogP contribution in [-0.4, -0.2) is 37.5 Å². The molecule has 1 saturated heterocycles. The molecule has 1 aliphatic rings. The molecule has 0 radical (unpaired) electrons. The molecule has 0 unspecified atom stereocenters. The molecular weight excluding hydrogens is 508 g/mol. The van der Waals surface area contributed by atoms with Crippen molar-refractivity contribution in [2.45, 2.75) is 17.7 Å². The van der Waals surface area contributed by atoms with Crippen molar-refractivity contribution in [3.05, 3.63) is 107 Å². The molecule has 4 aromatic rings. The Morgan fingerprint density at radius 3 is 2.38 bits per heavy atom. The van der Waals surface area contributed by atoms with Crippen molar-refractivity contribution in [1.82, 2.24) is 4.31 Å². The number of amides is 1. The van der Waals surface area contributed by atoms with Crippen molar-refractivity contribution < 1.29 is 18.0 Å². The Morgan fingerprint density at radius 1 is 0.865 bits per heavy atom. The first-order chi connectivity index (χ1) is 17.8. The normalized spacial score (nSPS) is 16.4. The summed E-state index contributed by atoms with van der Waals surface area (Å²) >= 11 is 6.16. The Morgan fingerprint density at radius 2 is 1.59 bits per heavy atom. The summed E-state index contributed by atoms with van der Waals surface area (Å²) in [5, 5.41) is 5.03. The summed E-state index contributed by atoms with van der Waals surface area (Å²) in [7, 11) is -3.77. The fraction of sp³-hybridized carbons (Fsp3) is 0.172. The summed E-state index contributed by atoms with van der Waals surface area (Å²) in [4.78, 5) is 26.6. The minimum absolute atomic E-state index is 0.0660. The number of nitrogens with zero attached hydrogens (tertiary/aromatic N) is 1. The van der Waals surface area contributed by atoms with E-state index >= 15 is 0 Å². The van der Waals surface area contributed by atoms with E-state index in [2.05, 4.69) is 5.32 Å². The van der Waals surface area contributed by atoms with E-state index in [1.807, 2.05) is 30.3 Å². The number of anilines is 1. The van der Waals surface area contributed by atoms with Crippen LogP contribution in [0.3, 0.4) is 0 Å². The van der Waals surface area contributed by atoms with Crippen LogP contribution in [0, 0.1) is 5.92 Å². The molecule has 5 rings (SSSR count). The molecule has 0 saturated carbocycles. The van der Waals surface area contributed by atoms with Gasteiger partial charge >= 0.3 is 0 Å². The molecule has 0 aromatic heterocycles. The largest absolute Gasteiger partial charge is 0.325 e. The fourth-order valence-electron chi connectivity index (χ4n) is 4.64. The third kappa shape index (κ3) is 5.30. The lowest BCUT2D eigenvalue weighted by Crippen LogP contribution is -2.43. The molecule has 1 fully saturated rings. The number of hydrogen-bond acceptors (Lipinski definition) is 4. The maximum Gasteiger partial charge on any atom is 0.243 e. The maximum atomic E-state index is 13.4. The number of rotatable bonds is 6. The smallest absolute Gasteiger partial charge is 0.243 e. The van der Waals surface area contributed by atoms with Crippen molar-refractivity contribution in [2.24, 2.45) is 5.92 Å². The molecule has 1 heterocycles. The summed E-state index contributed by atoms with van der Waals surface area (Å²) in [5.74, 6) is -1.15. The summed E-state index contributed by atoms with van der Waals surface area (Å²) in [6, 6.07) is 26.1. The number of hydrogen-bond donors (Lipinski definition) is 1. The number of fused-ring (bicyclic) bond motifs is 1. The molecule has 6 nitrogen and oxygen atoms in total.